The molecule has 0 saturated carbocycles. The molecular formula is C15H15NO3. The van der Waals surface area contributed by atoms with Crippen LogP contribution in [0.3, 0.4) is 0 Å². The lowest BCUT2D eigenvalue weighted by atomic mass is 10.0. The molecule has 0 radical (unpaired) electrons. The summed E-state index contributed by atoms with van der Waals surface area (Å²) in [5, 5.41) is 8.66. The van der Waals surface area contributed by atoms with E-state index in [1.54, 1.807) is 6.07 Å². The number of pyridine rings is 1. The van der Waals surface area contributed by atoms with Crippen LogP contribution in [0.4, 0.5) is 4.79 Å². The van der Waals surface area contributed by atoms with E-state index in [-0.39, 0.29) is 5.88 Å². The van der Waals surface area contributed by atoms with Crippen LogP contribution >= 0.6 is 0 Å². The second-order valence-corrected chi connectivity index (χ2v) is 4.18. The van der Waals surface area contributed by atoms with Gasteiger partial charge in [-0.05, 0) is 23.6 Å². The molecule has 1 aromatic heterocycles. The van der Waals surface area contributed by atoms with E-state index in [9.17, 15) is 4.79 Å². The Balaban J connectivity index is 2.19. The normalized spacial score (nSPS) is 10.2. The molecule has 2 rings (SSSR count). The highest BCUT2D eigenvalue weighted by Crippen LogP contribution is 2.19. The van der Waals surface area contributed by atoms with Gasteiger partial charge in [0.1, 0.15) is 0 Å². The number of rotatable bonds is 4. The van der Waals surface area contributed by atoms with Crippen molar-refractivity contribution in [2.75, 3.05) is 0 Å². The zero-order valence-electron chi connectivity index (χ0n) is 10.7. The van der Waals surface area contributed by atoms with E-state index in [0.29, 0.717) is 6.42 Å². The number of benzene rings is 1. The summed E-state index contributed by atoms with van der Waals surface area (Å²) < 4.78 is 4.67. The standard InChI is InChI=1S/C15H15NO3/c1-2-11-5-7-12(8-6-11)10-13-4-3-9-16-14(13)19-15(17)18/h3-9H,2,10H2,1H3,(H,17,18). The molecule has 0 unspecified atom stereocenters. The van der Waals surface area contributed by atoms with Crippen LogP contribution < -0.4 is 4.74 Å². The van der Waals surface area contributed by atoms with Gasteiger partial charge in [-0.15, -0.1) is 0 Å². The van der Waals surface area contributed by atoms with Gasteiger partial charge in [-0.1, -0.05) is 37.3 Å². The number of hydrogen-bond donors (Lipinski definition) is 1. The Morgan fingerprint density at radius 3 is 2.53 bits per heavy atom. The van der Waals surface area contributed by atoms with Crippen molar-refractivity contribution in [1.29, 1.82) is 0 Å². The van der Waals surface area contributed by atoms with Crippen LogP contribution in [-0.4, -0.2) is 16.2 Å². The third-order valence-electron chi connectivity index (χ3n) is 2.86. The predicted molar refractivity (Wildman–Crippen MR) is 71.5 cm³/mol. The molecule has 1 heterocycles. The number of carboxylic acid groups (broad SMARTS) is 1. The van der Waals surface area contributed by atoms with E-state index < -0.39 is 6.16 Å². The Bertz CT molecular complexity index is 564. The average Bonchev–Trinajstić information content (AvgIpc) is 2.41. The van der Waals surface area contributed by atoms with Gasteiger partial charge in [0.05, 0.1) is 0 Å². The van der Waals surface area contributed by atoms with Crippen molar-refractivity contribution in [2.24, 2.45) is 0 Å². The lowest BCUT2D eigenvalue weighted by Crippen LogP contribution is -2.07. The van der Waals surface area contributed by atoms with Gasteiger partial charge in [-0.2, -0.15) is 0 Å². The van der Waals surface area contributed by atoms with Gasteiger partial charge in [0, 0.05) is 18.2 Å². The topological polar surface area (TPSA) is 59.4 Å². The zero-order chi connectivity index (χ0) is 13.7. The van der Waals surface area contributed by atoms with E-state index in [0.717, 1.165) is 17.5 Å². The molecule has 4 nitrogen and oxygen atoms in total. The van der Waals surface area contributed by atoms with Gasteiger partial charge in [0.2, 0.25) is 5.88 Å². The Morgan fingerprint density at radius 1 is 1.21 bits per heavy atom. The fourth-order valence-electron chi connectivity index (χ4n) is 1.85. The Morgan fingerprint density at radius 2 is 1.89 bits per heavy atom. The van der Waals surface area contributed by atoms with Crippen LogP contribution in [0.15, 0.2) is 42.6 Å². The molecule has 19 heavy (non-hydrogen) atoms. The SMILES string of the molecule is CCc1ccc(Cc2cccnc2OC(=O)O)cc1. The Hall–Kier alpha value is -2.36. The van der Waals surface area contributed by atoms with E-state index in [2.05, 4.69) is 28.8 Å². The van der Waals surface area contributed by atoms with Gasteiger partial charge in [-0.3, -0.25) is 0 Å². The average molecular weight is 257 g/mol. The van der Waals surface area contributed by atoms with Gasteiger partial charge in [0.25, 0.3) is 0 Å². The van der Waals surface area contributed by atoms with Gasteiger partial charge in [0.15, 0.2) is 0 Å². The highest BCUT2D eigenvalue weighted by molar-refractivity contribution is 5.61. The van der Waals surface area contributed by atoms with Crippen molar-refractivity contribution >= 4 is 6.16 Å². The lowest BCUT2D eigenvalue weighted by molar-refractivity contribution is 0.142. The van der Waals surface area contributed by atoms with Crippen LogP contribution in [-0.2, 0) is 12.8 Å². The minimum Gasteiger partial charge on any atom is -0.449 e. The molecule has 0 bridgehead atoms. The summed E-state index contributed by atoms with van der Waals surface area (Å²) >= 11 is 0. The summed E-state index contributed by atoms with van der Waals surface area (Å²) in [6.07, 6.45) is 1.77. The maximum Gasteiger partial charge on any atom is 0.512 e. The summed E-state index contributed by atoms with van der Waals surface area (Å²) in [7, 11) is 0. The molecule has 0 spiro atoms. The number of aryl methyl sites for hydroxylation is 1. The molecular weight excluding hydrogens is 242 g/mol. The van der Waals surface area contributed by atoms with Gasteiger partial charge >= 0.3 is 6.16 Å². The zero-order valence-corrected chi connectivity index (χ0v) is 10.7. The van der Waals surface area contributed by atoms with E-state index in [1.165, 1.54) is 11.8 Å². The number of carbonyl (C=O) groups is 1. The van der Waals surface area contributed by atoms with Crippen molar-refractivity contribution in [3.05, 3.63) is 59.3 Å². The second kappa shape index (κ2) is 6.00. The summed E-state index contributed by atoms with van der Waals surface area (Å²) in [6.45, 7) is 2.11. The van der Waals surface area contributed by atoms with Crippen molar-refractivity contribution in [2.45, 2.75) is 19.8 Å². The summed E-state index contributed by atoms with van der Waals surface area (Å²) in [6, 6.07) is 11.8. The maximum atomic E-state index is 10.6. The van der Waals surface area contributed by atoms with Crippen LogP contribution in [0.5, 0.6) is 5.88 Å². The third-order valence-corrected chi connectivity index (χ3v) is 2.86. The van der Waals surface area contributed by atoms with Crippen LogP contribution in [0, 0.1) is 0 Å². The summed E-state index contributed by atoms with van der Waals surface area (Å²) in [5.74, 6) is 0.148. The van der Waals surface area contributed by atoms with Crippen molar-refractivity contribution in [3.8, 4) is 5.88 Å². The van der Waals surface area contributed by atoms with Gasteiger partial charge in [-0.25, -0.2) is 9.78 Å². The highest BCUT2D eigenvalue weighted by Gasteiger charge is 2.09. The minimum atomic E-state index is -1.35. The molecule has 0 atom stereocenters. The Kier molecular flexibility index (Phi) is 4.13. The molecule has 1 aromatic carbocycles. The molecule has 1 N–H and O–H groups in total. The van der Waals surface area contributed by atoms with Crippen molar-refractivity contribution in [1.82, 2.24) is 4.98 Å². The number of ether oxygens (including phenoxy) is 1. The monoisotopic (exact) mass is 257 g/mol. The smallest absolute Gasteiger partial charge is 0.449 e. The molecule has 0 amide bonds. The summed E-state index contributed by atoms with van der Waals surface area (Å²) in [5.41, 5.74) is 3.13. The number of nitrogens with zero attached hydrogens (tertiary/aromatic N) is 1. The number of aromatic nitrogens is 1. The predicted octanol–water partition coefficient (Wildman–Crippen LogP) is 3.29. The van der Waals surface area contributed by atoms with E-state index >= 15 is 0 Å². The third kappa shape index (κ3) is 3.55. The Labute approximate surface area is 111 Å². The summed E-state index contributed by atoms with van der Waals surface area (Å²) in [4.78, 5) is 14.5. The molecule has 0 saturated heterocycles. The molecule has 0 aliphatic carbocycles. The van der Waals surface area contributed by atoms with Gasteiger partial charge < -0.3 is 9.84 Å². The number of hydrogen-bond acceptors (Lipinski definition) is 3. The first-order chi connectivity index (χ1) is 9.19. The minimum absolute atomic E-state index is 0.148. The molecule has 0 aliphatic rings. The molecule has 4 heteroatoms. The largest absolute Gasteiger partial charge is 0.512 e. The first-order valence-electron chi connectivity index (χ1n) is 6.11. The molecule has 0 aliphatic heterocycles. The second-order valence-electron chi connectivity index (χ2n) is 4.18. The van der Waals surface area contributed by atoms with Crippen LogP contribution in [0.2, 0.25) is 0 Å². The lowest BCUT2D eigenvalue weighted by Gasteiger charge is -2.07. The first-order valence-corrected chi connectivity index (χ1v) is 6.11. The maximum absolute atomic E-state index is 10.6. The van der Waals surface area contributed by atoms with Crippen LogP contribution in [0.25, 0.3) is 0 Å². The fraction of sp³-hybridized carbons (Fsp3) is 0.200. The van der Waals surface area contributed by atoms with E-state index in [1.807, 2.05) is 18.2 Å². The quantitative estimate of drug-likeness (QED) is 0.854. The fourth-order valence-corrected chi connectivity index (χ4v) is 1.85. The molecule has 98 valence electrons. The molecule has 0 fully saturated rings. The highest BCUT2D eigenvalue weighted by atomic mass is 16.7. The van der Waals surface area contributed by atoms with E-state index in [4.69, 9.17) is 5.11 Å². The first kappa shape index (κ1) is 13.1. The van der Waals surface area contributed by atoms with Crippen LogP contribution in [0.1, 0.15) is 23.6 Å². The molecule has 2 aromatic rings. The van der Waals surface area contributed by atoms with Crippen molar-refractivity contribution in [3.63, 3.8) is 0 Å². The van der Waals surface area contributed by atoms with Crippen molar-refractivity contribution < 1.29 is 14.6 Å².